The molecule has 2 aromatic carbocycles. The van der Waals surface area contributed by atoms with Crippen molar-refractivity contribution in [2.24, 2.45) is 0 Å². The molecule has 0 aliphatic rings. The normalized spacial score (nSPS) is 11.8. The number of hydrogen-bond donors (Lipinski definition) is 1. The van der Waals surface area contributed by atoms with Crippen molar-refractivity contribution in [1.82, 2.24) is 4.98 Å². The van der Waals surface area contributed by atoms with Gasteiger partial charge in [-0.1, -0.05) is 47.5 Å². The van der Waals surface area contributed by atoms with Crippen LogP contribution in [0, 0.1) is 0 Å². The summed E-state index contributed by atoms with van der Waals surface area (Å²) >= 11 is 11.8. The lowest BCUT2D eigenvalue weighted by Gasteiger charge is -2.14. The molecule has 1 N–H and O–H groups in total. The van der Waals surface area contributed by atoms with Crippen molar-refractivity contribution < 1.29 is 14.3 Å². The second-order valence-electron chi connectivity index (χ2n) is 5.58. The standard InChI is InChI=1S/C19H14Cl2N2O3/c1-11(18(24)22-15-9-13(20)8-14(21)10-15)26-19(25)17-7-6-12-4-2-3-5-16(12)23-17/h2-11H,1H3,(H,22,24)/t11-/m0/s1. The lowest BCUT2D eigenvalue weighted by molar-refractivity contribution is -0.123. The monoisotopic (exact) mass is 388 g/mol. The number of pyridine rings is 1. The number of nitrogens with zero attached hydrogens (tertiary/aromatic N) is 1. The fourth-order valence-electron chi connectivity index (χ4n) is 2.32. The summed E-state index contributed by atoms with van der Waals surface area (Å²) in [6, 6.07) is 15.4. The summed E-state index contributed by atoms with van der Waals surface area (Å²) in [5.41, 5.74) is 1.22. The molecule has 0 spiro atoms. The Balaban J connectivity index is 1.68. The van der Waals surface area contributed by atoms with Crippen LogP contribution >= 0.6 is 23.2 Å². The third kappa shape index (κ3) is 4.31. The zero-order chi connectivity index (χ0) is 18.7. The van der Waals surface area contributed by atoms with Crippen molar-refractivity contribution in [1.29, 1.82) is 0 Å². The molecule has 132 valence electrons. The average molecular weight is 389 g/mol. The Hall–Kier alpha value is -2.63. The number of halogens is 2. The van der Waals surface area contributed by atoms with Crippen molar-refractivity contribution in [3.05, 3.63) is 70.3 Å². The number of hydrogen-bond acceptors (Lipinski definition) is 4. The van der Waals surface area contributed by atoms with E-state index in [9.17, 15) is 9.59 Å². The van der Waals surface area contributed by atoms with Crippen LogP contribution in [-0.4, -0.2) is 23.0 Å². The van der Waals surface area contributed by atoms with Crippen LogP contribution < -0.4 is 5.32 Å². The van der Waals surface area contributed by atoms with Crippen molar-refractivity contribution in [3.8, 4) is 0 Å². The first kappa shape index (κ1) is 18.2. The molecule has 1 atom stereocenters. The molecular weight excluding hydrogens is 375 g/mol. The van der Waals surface area contributed by atoms with Gasteiger partial charge in [0.25, 0.3) is 5.91 Å². The summed E-state index contributed by atoms with van der Waals surface area (Å²) in [6.45, 7) is 1.47. The van der Waals surface area contributed by atoms with Crippen molar-refractivity contribution in [3.63, 3.8) is 0 Å². The van der Waals surface area contributed by atoms with E-state index in [1.807, 2.05) is 18.2 Å². The SMILES string of the molecule is C[C@H](OC(=O)c1ccc2ccccc2n1)C(=O)Nc1cc(Cl)cc(Cl)c1. The van der Waals surface area contributed by atoms with Gasteiger partial charge in [0.1, 0.15) is 5.69 Å². The highest BCUT2D eigenvalue weighted by Crippen LogP contribution is 2.22. The maximum Gasteiger partial charge on any atom is 0.357 e. The number of para-hydroxylation sites is 1. The third-order valence-electron chi connectivity index (χ3n) is 3.59. The zero-order valence-electron chi connectivity index (χ0n) is 13.7. The van der Waals surface area contributed by atoms with Crippen molar-refractivity contribution in [2.45, 2.75) is 13.0 Å². The van der Waals surface area contributed by atoms with Crippen LogP contribution in [0.5, 0.6) is 0 Å². The molecule has 1 aromatic heterocycles. The van der Waals surface area contributed by atoms with Crippen LogP contribution in [0.3, 0.4) is 0 Å². The Labute approximate surface area is 159 Å². The minimum Gasteiger partial charge on any atom is -0.448 e. The van der Waals surface area contributed by atoms with Gasteiger partial charge in [-0.25, -0.2) is 9.78 Å². The molecule has 7 heteroatoms. The number of esters is 1. The van der Waals surface area contributed by atoms with E-state index in [0.717, 1.165) is 5.39 Å². The highest BCUT2D eigenvalue weighted by molar-refractivity contribution is 6.35. The summed E-state index contributed by atoms with van der Waals surface area (Å²) in [4.78, 5) is 28.7. The highest BCUT2D eigenvalue weighted by Gasteiger charge is 2.20. The minimum atomic E-state index is -1.02. The summed E-state index contributed by atoms with van der Waals surface area (Å²) in [5, 5.41) is 4.29. The molecule has 5 nitrogen and oxygen atoms in total. The van der Waals surface area contributed by atoms with Crippen molar-refractivity contribution in [2.75, 3.05) is 5.32 Å². The molecule has 3 aromatic rings. The number of rotatable bonds is 4. The molecule has 0 unspecified atom stereocenters. The third-order valence-corrected chi connectivity index (χ3v) is 4.03. The van der Waals surface area contributed by atoms with Crippen molar-refractivity contribution >= 4 is 51.7 Å². The molecule has 0 aliphatic carbocycles. The first-order valence-corrected chi connectivity index (χ1v) is 8.52. The molecule has 0 saturated heterocycles. The Morgan fingerprint density at radius 3 is 2.46 bits per heavy atom. The fourth-order valence-corrected chi connectivity index (χ4v) is 2.85. The van der Waals surface area contributed by atoms with Gasteiger partial charge in [0.15, 0.2) is 6.10 Å². The smallest absolute Gasteiger partial charge is 0.357 e. The first-order chi connectivity index (χ1) is 12.4. The Bertz CT molecular complexity index is 971. The summed E-state index contributed by atoms with van der Waals surface area (Å²) in [7, 11) is 0. The quantitative estimate of drug-likeness (QED) is 0.656. The summed E-state index contributed by atoms with van der Waals surface area (Å²) in [6.07, 6.45) is -1.02. The lowest BCUT2D eigenvalue weighted by Crippen LogP contribution is -2.30. The van der Waals surface area contributed by atoms with Gasteiger partial charge in [0.05, 0.1) is 5.52 Å². The first-order valence-electron chi connectivity index (χ1n) is 7.76. The number of fused-ring (bicyclic) bond motifs is 1. The van der Waals surface area contributed by atoms with Crippen LogP contribution in [0.4, 0.5) is 5.69 Å². The van der Waals surface area contributed by atoms with Crippen LogP contribution in [0.1, 0.15) is 17.4 Å². The van der Waals surface area contributed by atoms with E-state index in [-0.39, 0.29) is 5.69 Å². The summed E-state index contributed by atoms with van der Waals surface area (Å²) in [5.74, 6) is -1.18. The predicted octanol–water partition coefficient (Wildman–Crippen LogP) is 4.73. The van der Waals surface area contributed by atoms with Gasteiger partial charge < -0.3 is 10.1 Å². The van der Waals surface area contributed by atoms with Gasteiger partial charge in [0, 0.05) is 21.1 Å². The minimum absolute atomic E-state index is 0.133. The van der Waals surface area contributed by atoms with E-state index < -0.39 is 18.0 Å². The molecule has 1 amide bonds. The number of nitrogens with one attached hydrogen (secondary N) is 1. The predicted molar refractivity (Wildman–Crippen MR) is 102 cm³/mol. The highest BCUT2D eigenvalue weighted by atomic mass is 35.5. The van der Waals surface area contributed by atoms with Gasteiger partial charge in [-0.3, -0.25) is 4.79 Å². The van der Waals surface area contributed by atoms with E-state index in [1.54, 1.807) is 36.4 Å². The molecule has 1 heterocycles. The molecule has 0 aliphatic heterocycles. The molecular formula is C19H14Cl2N2O3. The Kier molecular flexibility index (Phi) is 5.40. The van der Waals surface area contributed by atoms with Crippen LogP contribution in [-0.2, 0) is 9.53 Å². The zero-order valence-corrected chi connectivity index (χ0v) is 15.2. The Morgan fingerprint density at radius 1 is 1.04 bits per heavy atom. The van der Waals surface area contributed by atoms with Gasteiger partial charge in [0.2, 0.25) is 0 Å². The van der Waals surface area contributed by atoms with Gasteiger partial charge in [-0.05, 0) is 37.3 Å². The van der Waals surface area contributed by atoms with E-state index >= 15 is 0 Å². The maximum atomic E-state index is 12.3. The number of aromatic nitrogens is 1. The molecule has 0 fully saturated rings. The number of anilines is 1. The van der Waals surface area contributed by atoms with Crippen LogP contribution in [0.2, 0.25) is 10.0 Å². The van der Waals surface area contributed by atoms with E-state index in [2.05, 4.69) is 10.3 Å². The molecule has 0 bridgehead atoms. The largest absolute Gasteiger partial charge is 0.448 e. The number of benzene rings is 2. The number of carbonyl (C=O) groups excluding carboxylic acids is 2. The molecule has 0 radical (unpaired) electrons. The van der Waals surface area contributed by atoms with Gasteiger partial charge in [-0.2, -0.15) is 0 Å². The second-order valence-corrected chi connectivity index (χ2v) is 6.46. The maximum absolute atomic E-state index is 12.3. The number of carbonyl (C=O) groups is 2. The van der Waals surface area contributed by atoms with E-state index in [0.29, 0.717) is 21.2 Å². The van der Waals surface area contributed by atoms with E-state index in [1.165, 1.54) is 6.92 Å². The topological polar surface area (TPSA) is 68.3 Å². The van der Waals surface area contributed by atoms with Crippen LogP contribution in [0.25, 0.3) is 10.9 Å². The number of ether oxygens (including phenoxy) is 1. The molecule has 3 rings (SSSR count). The van der Waals surface area contributed by atoms with Gasteiger partial charge in [-0.15, -0.1) is 0 Å². The van der Waals surface area contributed by atoms with E-state index in [4.69, 9.17) is 27.9 Å². The lowest BCUT2D eigenvalue weighted by atomic mass is 10.2. The second kappa shape index (κ2) is 7.72. The van der Waals surface area contributed by atoms with Crippen LogP contribution in [0.15, 0.2) is 54.6 Å². The van der Waals surface area contributed by atoms with Gasteiger partial charge >= 0.3 is 5.97 Å². The molecule has 26 heavy (non-hydrogen) atoms. The number of amides is 1. The molecule has 0 saturated carbocycles. The summed E-state index contributed by atoms with van der Waals surface area (Å²) < 4.78 is 5.20. The Morgan fingerprint density at radius 2 is 1.73 bits per heavy atom. The fraction of sp³-hybridized carbons (Fsp3) is 0.105. The average Bonchev–Trinajstić information content (AvgIpc) is 2.60.